The van der Waals surface area contributed by atoms with Crippen molar-refractivity contribution < 1.29 is 14.3 Å². The summed E-state index contributed by atoms with van der Waals surface area (Å²) < 4.78 is 4.87. The third kappa shape index (κ3) is 13.6. The predicted molar refractivity (Wildman–Crippen MR) is 161 cm³/mol. The molecular formula is C32H52O3S2. The fraction of sp³-hybridized carbons (Fsp3) is 0.750. The molecule has 0 saturated carbocycles. The lowest BCUT2D eigenvalue weighted by Crippen LogP contribution is -1.96. The Morgan fingerprint density at radius 3 is 1.11 bits per heavy atom. The van der Waals surface area contributed by atoms with Crippen molar-refractivity contribution in [1.29, 1.82) is 0 Å². The van der Waals surface area contributed by atoms with Crippen LogP contribution in [0.15, 0.2) is 21.9 Å². The largest absolute Gasteiger partial charge is 0.386 e. The summed E-state index contributed by atoms with van der Waals surface area (Å²) >= 11 is 3.67. The second kappa shape index (κ2) is 21.0. The first-order valence-corrected chi connectivity index (χ1v) is 17.3. The van der Waals surface area contributed by atoms with E-state index in [1.165, 1.54) is 128 Å². The van der Waals surface area contributed by atoms with Gasteiger partial charge in [0.1, 0.15) is 0 Å². The Morgan fingerprint density at radius 2 is 0.784 bits per heavy atom. The Hall–Kier alpha value is -0.940. The number of fused-ring (bicyclic) bond motifs is 1. The molecule has 3 nitrogen and oxygen atoms in total. The number of carbonyl (C=O) groups excluding carboxylic acids is 2. The second-order valence-corrected chi connectivity index (χ2v) is 12.9. The fourth-order valence-electron chi connectivity index (χ4n) is 4.86. The zero-order valence-corrected chi connectivity index (χ0v) is 25.4. The lowest BCUT2D eigenvalue weighted by Gasteiger charge is -2.11. The van der Waals surface area contributed by atoms with Crippen molar-refractivity contribution in [3.63, 3.8) is 0 Å². The molecule has 1 aliphatic heterocycles. The summed E-state index contributed by atoms with van der Waals surface area (Å²) in [7, 11) is 0. The number of esters is 2. The van der Waals surface area contributed by atoms with Crippen LogP contribution in [-0.4, -0.2) is 23.4 Å². The van der Waals surface area contributed by atoms with Gasteiger partial charge in [-0.05, 0) is 36.5 Å². The minimum atomic E-state index is -0.493. The van der Waals surface area contributed by atoms with E-state index in [4.69, 9.17) is 4.74 Å². The SMILES string of the molecule is CCCCCCCCCCCCSc1cc2c(cc1SCCCCCCCCCCCC)C(=O)OC2=O. The van der Waals surface area contributed by atoms with Crippen LogP contribution in [0, 0.1) is 0 Å². The molecule has 37 heavy (non-hydrogen) atoms. The Bertz CT molecular complexity index is 715. The zero-order valence-electron chi connectivity index (χ0n) is 23.8. The highest BCUT2D eigenvalue weighted by Gasteiger charge is 2.31. The number of thioether (sulfide) groups is 2. The van der Waals surface area contributed by atoms with Gasteiger partial charge in [0.2, 0.25) is 0 Å². The van der Waals surface area contributed by atoms with Gasteiger partial charge in [-0.25, -0.2) is 9.59 Å². The molecule has 5 heteroatoms. The normalized spacial score (nSPS) is 12.8. The van der Waals surface area contributed by atoms with Crippen LogP contribution >= 0.6 is 23.5 Å². The highest BCUT2D eigenvalue weighted by Crippen LogP contribution is 2.37. The fourth-order valence-corrected chi connectivity index (χ4v) is 7.16. The highest BCUT2D eigenvalue weighted by molar-refractivity contribution is 8.02. The van der Waals surface area contributed by atoms with Crippen molar-refractivity contribution in [2.24, 2.45) is 0 Å². The van der Waals surface area contributed by atoms with E-state index in [-0.39, 0.29) is 0 Å². The Morgan fingerprint density at radius 1 is 0.486 bits per heavy atom. The van der Waals surface area contributed by atoms with Gasteiger partial charge in [-0.2, -0.15) is 0 Å². The second-order valence-electron chi connectivity index (χ2n) is 10.6. The Kier molecular flexibility index (Phi) is 18.3. The summed E-state index contributed by atoms with van der Waals surface area (Å²) in [5.74, 6) is 1.13. The molecule has 0 spiro atoms. The molecule has 1 aliphatic rings. The van der Waals surface area contributed by atoms with Gasteiger partial charge < -0.3 is 4.74 Å². The van der Waals surface area contributed by atoms with E-state index >= 15 is 0 Å². The molecule has 0 aliphatic carbocycles. The monoisotopic (exact) mass is 548 g/mol. The zero-order chi connectivity index (χ0) is 26.6. The van der Waals surface area contributed by atoms with Crippen LogP contribution in [0.2, 0.25) is 0 Å². The number of unbranched alkanes of at least 4 members (excludes halogenated alkanes) is 18. The van der Waals surface area contributed by atoms with Crippen LogP contribution < -0.4 is 0 Å². The van der Waals surface area contributed by atoms with Crippen LogP contribution in [0.3, 0.4) is 0 Å². The maximum Gasteiger partial charge on any atom is 0.346 e. The van der Waals surface area contributed by atoms with E-state index in [1.54, 1.807) is 0 Å². The van der Waals surface area contributed by atoms with Crippen molar-refractivity contribution in [1.82, 2.24) is 0 Å². The van der Waals surface area contributed by atoms with Crippen molar-refractivity contribution >= 4 is 35.5 Å². The number of hydrogen-bond acceptors (Lipinski definition) is 5. The number of rotatable bonds is 24. The first kappa shape index (κ1) is 32.3. The maximum atomic E-state index is 12.1. The average molecular weight is 549 g/mol. The van der Waals surface area contributed by atoms with Gasteiger partial charge in [0, 0.05) is 9.79 Å². The molecular weight excluding hydrogens is 496 g/mol. The van der Waals surface area contributed by atoms with E-state index in [0.717, 1.165) is 21.3 Å². The van der Waals surface area contributed by atoms with Gasteiger partial charge in [-0.3, -0.25) is 0 Å². The summed E-state index contributed by atoms with van der Waals surface area (Å²) in [5, 5.41) is 0. The van der Waals surface area contributed by atoms with Crippen LogP contribution in [0.1, 0.15) is 163 Å². The topological polar surface area (TPSA) is 43.4 Å². The smallest absolute Gasteiger partial charge is 0.346 e. The quantitative estimate of drug-likeness (QED) is 0.0556. The standard InChI is InChI=1S/C32H52O3S2/c1-3-5-7-9-11-13-15-17-19-21-23-36-29-25-27-28(32(34)35-31(27)33)26-30(29)37-24-22-20-18-16-14-12-10-8-6-4-2/h25-26H,3-24H2,1-2H3. The highest BCUT2D eigenvalue weighted by atomic mass is 32.2. The molecule has 0 atom stereocenters. The van der Waals surface area contributed by atoms with Gasteiger partial charge in [-0.15, -0.1) is 23.5 Å². The average Bonchev–Trinajstić information content (AvgIpc) is 3.17. The summed E-state index contributed by atoms with van der Waals surface area (Å²) in [6, 6.07) is 3.81. The molecule has 1 aromatic rings. The van der Waals surface area contributed by atoms with Crippen molar-refractivity contribution in [2.75, 3.05) is 11.5 Å². The van der Waals surface area contributed by atoms with Gasteiger partial charge in [-0.1, -0.05) is 129 Å². The van der Waals surface area contributed by atoms with Crippen molar-refractivity contribution in [3.8, 4) is 0 Å². The van der Waals surface area contributed by atoms with Crippen LogP contribution in [0.4, 0.5) is 0 Å². The molecule has 0 bridgehead atoms. The lowest BCUT2D eigenvalue weighted by molar-refractivity contribution is 0.0443. The van der Waals surface area contributed by atoms with E-state index in [1.807, 2.05) is 35.7 Å². The molecule has 210 valence electrons. The van der Waals surface area contributed by atoms with Gasteiger partial charge in [0.05, 0.1) is 11.1 Å². The molecule has 2 rings (SSSR count). The molecule has 0 amide bonds. The number of benzene rings is 1. The minimum Gasteiger partial charge on any atom is -0.386 e. The van der Waals surface area contributed by atoms with Crippen molar-refractivity contribution in [3.05, 3.63) is 23.3 Å². The number of carbonyl (C=O) groups is 2. The molecule has 1 heterocycles. The molecule has 0 N–H and O–H groups in total. The van der Waals surface area contributed by atoms with Crippen molar-refractivity contribution in [2.45, 2.75) is 152 Å². The summed E-state index contributed by atoms with van der Waals surface area (Å²) in [4.78, 5) is 26.5. The van der Waals surface area contributed by atoms with Gasteiger partial charge >= 0.3 is 11.9 Å². The van der Waals surface area contributed by atoms with Gasteiger partial charge in [0.15, 0.2) is 0 Å². The Balaban J connectivity index is 1.68. The first-order chi connectivity index (χ1) is 18.2. The van der Waals surface area contributed by atoms with E-state index in [9.17, 15) is 9.59 Å². The first-order valence-electron chi connectivity index (χ1n) is 15.4. The number of ether oxygens (including phenoxy) is 1. The minimum absolute atomic E-state index is 0.443. The van der Waals surface area contributed by atoms with Crippen LogP contribution in [-0.2, 0) is 4.74 Å². The van der Waals surface area contributed by atoms with Crippen LogP contribution in [0.5, 0.6) is 0 Å². The third-order valence-electron chi connectivity index (χ3n) is 7.22. The Labute approximate surface area is 236 Å². The van der Waals surface area contributed by atoms with Gasteiger partial charge in [0.25, 0.3) is 0 Å². The molecule has 1 aromatic carbocycles. The lowest BCUT2D eigenvalue weighted by atomic mass is 10.1. The number of hydrogen-bond donors (Lipinski definition) is 0. The van der Waals surface area contributed by atoms with E-state index in [2.05, 4.69) is 13.8 Å². The van der Waals surface area contributed by atoms with E-state index in [0.29, 0.717) is 11.1 Å². The third-order valence-corrected chi connectivity index (χ3v) is 9.63. The summed E-state index contributed by atoms with van der Waals surface area (Å²) in [5.41, 5.74) is 0.887. The summed E-state index contributed by atoms with van der Waals surface area (Å²) in [6.07, 6.45) is 26.8. The molecule has 0 saturated heterocycles. The maximum absolute atomic E-state index is 12.1. The number of cyclic esters (lactones) is 2. The summed E-state index contributed by atoms with van der Waals surface area (Å²) in [6.45, 7) is 4.54. The van der Waals surface area contributed by atoms with E-state index < -0.39 is 11.9 Å². The molecule has 0 unspecified atom stereocenters. The van der Waals surface area contributed by atoms with Crippen LogP contribution in [0.25, 0.3) is 0 Å². The molecule has 0 fully saturated rings. The molecule has 0 radical (unpaired) electrons. The molecule has 0 aromatic heterocycles. The predicted octanol–water partition coefficient (Wildman–Crippen LogP) is 11.0.